The smallest absolute Gasteiger partial charge is 0.232 e. The van der Waals surface area contributed by atoms with Gasteiger partial charge in [0, 0.05) is 5.92 Å². The minimum absolute atomic E-state index is 0.0838. The number of ether oxygens (including phenoxy) is 1. The topological polar surface area (TPSA) is 55.6 Å². The lowest BCUT2D eigenvalue weighted by molar-refractivity contribution is -0.120. The van der Waals surface area contributed by atoms with Crippen LogP contribution in [-0.2, 0) is 11.3 Å². The minimum Gasteiger partial charge on any atom is -0.494 e. The molecule has 124 valence electrons. The van der Waals surface area contributed by atoms with Gasteiger partial charge in [0.25, 0.3) is 0 Å². The SMILES string of the molecule is COc1ccc(Cl)c2sc(N(Cc3ccco3)C(=O)C3CC3)nc12. The van der Waals surface area contributed by atoms with Crippen molar-refractivity contribution in [2.45, 2.75) is 19.4 Å². The average molecular weight is 363 g/mol. The van der Waals surface area contributed by atoms with Crippen LogP contribution in [0.25, 0.3) is 10.2 Å². The molecule has 0 aliphatic heterocycles. The Kier molecular flexibility index (Phi) is 3.94. The van der Waals surface area contributed by atoms with Gasteiger partial charge in [-0.15, -0.1) is 0 Å². The standard InChI is InChI=1S/C17H15ClN2O3S/c1-22-13-7-6-12(18)15-14(13)19-17(24-15)20(16(21)10-4-5-10)9-11-3-2-8-23-11/h2-3,6-8,10H,4-5,9H2,1H3. The normalized spacial score (nSPS) is 14.1. The van der Waals surface area contributed by atoms with E-state index < -0.39 is 0 Å². The van der Waals surface area contributed by atoms with Crippen LogP contribution in [0, 0.1) is 5.92 Å². The zero-order chi connectivity index (χ0) is 16.7. The van der Waals surface area contributed by atoms with E-state index in [1.54, 1.807) is 30.4 Å². The molecule has 0 spiro atoms. The van der Waals surface area contributed by atoms with Crippen LogP contribution in [-0.4, -0.2) is 18.0 Å². The quantitative estimate of drug-likeness (QED) is 0.670. The second-order valence-electron chi connectivity index (χ2n) is 5.70. The van der Waals surface area contributed by atoms with E-state index in [4.69, 9.17) is 20.8 Å². The highest BCUT2D eigenvalue weighted by Gasteiger charge is 2.35. The Morgan fingerprint density at radius 3 is 2.96 bits per heavy atom. The monoisotopic (exact) mass is 362 g/mol. The van der Waals surface area contributed by atoms with Crippen LogP contribution in [0.1, 0.15) is 18.6 Å². The first-order valence-electron chi connectivity index (χ1n) is 7.64. The fourth-order valence-electron chi connectivity index (χ4n) is 2.57. The lowest BCUT2D eigenvalue weighted by Crippen LogP contribution is -2.31. The molecule has 1 fully saturated rings. The predicted molar refractivity (Wildman–Crippen MR) is 93.8 cm³/mol. The highest BCUT2D eigenvalue weighted by molar-refractivity contribution is 7.23. The lowest BCUT2D eigenvalue weighted by atomic mass is 10.3. The van der Waals surface area contributed by atoms with Gasteiger partial charge in [0.1, 0.15) is 17.0 Å². The number of anilines is 1. The molecular weight excluding hydrogens is 348 g/mol. The molecule has 2 heterocycles. The summed E-state index contributed by atoms with van der Waals surface area (Å²) in [5.74, 6) is 1.54. The molecule has 0 saturated heterocycles. The van der Waals surface area contributed by atoms with Crippen LogP contribution >= 0.6 is 22.9 Å². The number of fused-ring (bicyclic) bond motifs is 1. The first-order chi connectivity index (χ1) is 11.7. The molecule has 1 aliphatic carbocycles. The maximum Gasteiger partial charge on any atom is 0.232 e. The number of nitrogens with zero attached hydrogens (tertiary/aromatic N) is 2. The summed E-state index contributed by atoms with van der Waals surface area (Å²) >= 11 is 7.69. The summed E-state index contributed by atoms with van der Waals surface area (Å²) in [5, 5.41) is 1.22. The van der Waals surface area contributed by atoms with Crippen molar-refractivity contribution in [1.29, 1.82) is 0 Å². The molecule has 4 rings (SSSR count). The molecule has 0 atom stereocenters. The summed E-state index contributed by atoms with van der Waals surface area (Å²) in [4.78, 5) is 19.1. The fourth-order valence-corrected chi connectivity index (χ4v) is 3.83. The van der Waals surface area contributed by atoms with E-state index in [1.165, 1.54) is 11.3 Å². The first kappa shape index (κ1) is 15.5. The van der Waals surface area contributed by atoms with Crippen LogP contribution < -0.4 is 9.64 Å². The van der Waals surface area contributed by atoms with Crippen LogP contribution in [0.2, 0.25) is 5.02 Å². The lowest BCUT2D eigenvalue weighted by Gasteiger charge is -2.18. The second-order valence-corrected chi connectivity index (χ2v) is 7.09. The van der Waals surface area contributed by atoms with Gasteiger partial charge < -0.3 is 9.15 Å². The van der Waals surface area contributed by atoms with Crippen molar-refractivity contribution in [2.24, 2.45) is 5.92 Å². The van der Waals surface area contributed by atoms with E-state index in [0.29, 0.717) is 28.0 Å². The summed E-state index contributed by atoms with van der Waals surface area (Å²) in [6.45, 7) is 0.363. The van der Waals surface area contributed by atoms with Crippen molar-refractivity contribution < 1.29 is 13.9 Å². The fraction of sp³-hybridized carbons (Fsp3) is 0.294. The van der Waals surface area contributed by atoms with Gasteiger partial charge in [0.2, 0.25) is 5.91 Å². The van der Waals surface area contributed by atoms with Gasteiger partial charge in [-0.25, -0.2) is 4.98 Å². The molecule has 5 nitrogen and oxygen atoms in total. The Morgan fingerprint density at radius 1 is 1.46 bits per heavy atom. The number of furan rings is 1. The van der Waals surface area contributed by atoms with E-state index >= 15 is 0 Å². The summed E-state index contributed by atoms with van der Waals surface area (Å²) in [6, 6.07) is 7.24. The van der Waals surface area contributed by atoms with Gasteiger partial charge >= 0.3 is 0 Å². The third-order valence-corrected chi connectivity index (χ3v) is 5.52. The van der Waals surface area contributed by atoms with Gasteiger partial charge in [-0.05, 0) is 37.1 Å². The zero-order valence-corrected chi connectivity index (χ0v) is 14.6. The highest BCUT2D eigenvalue weighted by Crippen LogP contribution is 2.41. The third-order valence-electron chi connectivity index (χ3n) is 3.98. The Labute approximate surface area is 147 Å². The number of carbonyl (C=O) groups is 1. The Morgan fingerprint density at radius 2 is 2.29 bits per heavy atom. The van der Waals surface area contributed by atoms with Crippen molar-refractivity contribution in [3.05, 3.63) is 41.3 Å². The van der Waals surface area contributed by atoms with E-state index in [1.807, 2.05) is 12.1 Å². The van der Waals surface area contributed by atoms with Crippen LogP contribution in [0.5, 0.6) is 5.75 Å². The number of thiazole rings is 1. The molecule has 24 heavy (non-hydrogen) atoms. The van der Waals surface area contributed by atoms with Crippen molar-refractivity contribution in [3.8, 4) is 5.75 Å². The number of methoxy groups -OCH3 is 1. The van der Waals surface area contributed by atoms with Gasteiger partial charge in [-0.3, -0.25) is 9.69 Å². The molecule has 0 radical (unpaired) electrons. The number of rotatable bonds is 5. The molecule has 2 aromatic heterocycles. The largest absolute Gasteiger partial charge is 0.494 e. The number of hydrogen-bond acceptors (Lipinski definition) is 5. The zero-order valence-electron chi connectivity index (χ0n) is 13.0. The highest BCUT2D eigenvalue weighted by atomic mass is 35.5. The third kappa shape index (κ3) is 2.76. The number of carbonyl (C=O) groups excluding carboxylic acids is 1. The van der Waals surface area contributed by atoms with E-state index in [9.17, 15) is 4.79 Å². The van der Waals surface area contributed by atoms with E-state index in [0.717, 1.165) is 23.3 Å². The molecule has 1 aliphatic rings. The Hall–Kier alpha value is -2.05. The maximum absolute atomic E-state index is 12.7. The van der Waals surface area contributed by atoms with Crippen LogP contribution in [0.15, 0.2) is 34.9 Å². The molecule has 1 aromatic carbocycles. The summed E-state index contributed by atoms with van der Waals surface area (Å²) in [7, 11) is 1.59. The maximum atomic E-state index is 12.7. The molecule has 0 unspecified atom stereocenters. The van der Waals surface area contributed by atoms with Gasteiger partial charge in [-0.2, -0.15) is 0 Å². The second kappa shape index (κ2) is 6.11. The number of halogens is 1. The minimum atomic E-state index is 0.0838. The molecule has 1 saturated carbocycles. The van der Waals surface area contributed by atoms with Gasteiger partial charge in [0.15, 0.2) is 5.13 Å². The molecular formula is C17H15ClN2O3S. The predicted octanol–water partition coefficient (Wildman–Crippen LogP) is 4.49. The summed E-state index contributed by atoms with van der Waals surface area (Å²) in [5.41, 5.74) is 0.679. The van der Waals surface area contributed by atoms with Crippen molar-refractivity contribution >= 4 is 44.2 Å². The molecule has 0 bridgehead atoms. The van der Waals surface area contributed by atoms with Gasteiger partial charge in [-0.1, -0.05) is 22.9 Å². The van der Waals surface area contributed by atoms with Crippen molar-refractivity contribution in [1.82, 2.24) is 4.98 Å². The number of amides is 1. The summed E-state index contributed by atoms with van der Waals surface area (Å²) in [6.07, 6.45) is 3.47. The number of aromatic nitrogens is 1. The first-order valence-corrected chi connectivity index (χ1v) is 8.83. The molecule has 1 amide bonds. The Bertz CT molecular complexity index is 887. The molecule has 7 heteroatoms. The van der Waals surface area contributed by atoms with E-state index in [2.05, 4.69) is 4.98 Å². The van der Waals surface area contributed by atoms with Crippen LogP contribution in [0.3, 0.4) is 0 Å². The Balaban J connectivity index is 1.78. The number of hydrogen-bond donors (Lipinski definition) is 0. The van der Waals surface area contributed by atoms with E-state index in [-0.39, 0.29) is 11.8 Å². The number of benzene rings is 1. The van der Waals surface area contributed by atoms with Crippen LogP contribution in [0.4, 0.5) is 5.13 Å². The van der Waals surface area contributed by atoms with Crippen molar-refractivity contribution in [2.75, 3.05) is 12.0 Å². The van der Waals surface area contributed by atoms with Gasteiger partial charge in [0.05, 0.1) is 29.6 Å². The molecule has 3 aromatic rings. The summed E-state index contributed by atoms with van der Waals surface area (Å²) < 4.78 is 11.6. The van der Waals surface area contributed by atoms with Crippen molar-refractivity contribution in [3.63, 3.8) is 0 Å². The molecule has 0 N–H and O–H groups in total. The average Bonchev–Trinajstić information content (AvgIpc) is 3.12.